The summed E-state index contributed by atoms with van der Waals surface area (Å²) in [5.74, 6) is 0.118. The Morgan fingerprint density at radius 3 is 2.77 bits per heavy atom. The molecule has 1 N–H and O–H groups in total. The predicted octanol–water partition coefficient (Wildman–Crippen LogP) is 4.67. The Kier molecular flexibility index (Phi) is 5.56. The lowest BCUT2D eigenvalue weighted by molar-refractivity contribution is -0.137. The lowest BCUT2D eigenvalue weighted by Gasteiger charge is -2.12. The minimum Gasteiger partial charge on any atom is -0.497 e. The molecule has 0 saturated heterocycles. The predicted molar refractivity (Wildman–Crippen MR) is 103 cm³/mol. The van der Waals surface area contributed by atoms with Crippen LogP contribution in [0.25, 0.3) is 22.2 Å². The molecular weight excluding hydrogens is 328 g/mol. The number of carbonyl (C=O) groups is 1. The van der Waals surface area contributed by atoms with Crippen LogP contribution in [-0.4, -0.2) is 27.7 Å². The fraction of sp³-hybridized carbons (Fsp3) is 0.333. The van der Waals surface area contributed by atoms with Crippen LogP contribution < -0.4 is 4.74 Å². The monoisotopic (exact) mass is 352 g/mol. The summed E-state index contributed by atoms with van der Waals surface area (Å²) in [6.07, 6.45) is 6.45. The van der Waals surface area contributed by atoms with Gasteiger partial charge in [-0.25, -0.2) is 0 Å². The summed E-state index contributed by atoms with van der Waals surface area (Å²) in [6, 6.07) is 10.2. The molecule has 0 amide bonds. The van der Waals surface area contributed by atoms with E-state index in [0.29, 0.717) is 6.42 Å². The summed E-state index contributed by atoms with van der Waals surface area (Å²) < 4.78 is 7.71. The van der Waals surface area contributed by atoms with Crippen LogP contribution in [0, 0.1) is 6.92 Å². The Bertz CT molecular complexity index is 901. The zero-order valence-electron chi connectivity index (χ0n) is 15.2. The van der Waals surface area contributed by atoms with Gasteiger partial charge in [-0.15, -0.1) is 0 Å². The minimum absolute atomic E-state index is 0.234. The lowest BCUT2D eigenvalue weighted by Crippen LogP contribution is -2.02. The number of rotatable bonds is 8. The van der Waals surface area contributed by atoms with E-state index in [-0.39, 0.29) is 6.42 Å². The van der Waals surface area contributed by atoms with Crippen LogP contribution in [0.2, 0.25) is 0 Å². The fourth-order valence-electron chi connectivity index (χ4n) is 3.46. The molecule has 5 nitrogen and oxygen atoms in total. The van der Waals surface area contributed by atoms with Gasteiger partial charge in [-0.2, -0.15) is 0 Å². The normalized spacial score (nSPS) is 11.0. The number of hydrogen-bond acceptors (Lipinski definition) is 3. The van der Waals surface area contributed by atoms with Gasteiger partial charge in [0, 0.05) is 41.8 Å². The molecule has 3 aromatic rings. The number of benzene rings is 1. The van der Waals surface area contributed by atoms with E-state index >= 15 is 0 Å². The molecule has 0 fully saturated rings. The second-order valence-electron chi connectivity index (χ2n) is 6.45. The summed E-state index contributed by atoms with van der Waals surface area (Å²) >= 11 is 0. The average molecular weight is 352 g/mol. The zero-order chi connectivity index (χ0) is 18.5. The number of ether oxygens (including phenoxy) is 1. The van der Waals surface area contributed by atoms with E-state index < -0.39 is 5.97 Å². The molecule has 0 aliphatic heterocycles. The summed E-state index contributed by atoms with van der Waals surface area (Å²) in [5, 5.41) is 9.97. The maximum absolute atomic E-state index is 10.7. The van der Waals surface area contributed by atoms with Crippen LogP contribution in [0.3, 0.4) is 0 Å². The highest BCUT2D eigenvalue weighted by Crippen LogP contribution is 2.35. The Labute approximate surface area is 153 Å². The lowest BCUT2D eigenvalue weighted by atomic mass is 10.1. The molecule has 0 unspecified atom stereocenters. The number of aryl methyl sites for hydroxylation is 2. The number of carboxylic acid groups (broad SMARTS) is 1. The third-order valence-corrected chi connectivity index (χ3v) is 4.73. The van der Waals surface area contributed by atoms with E-state index in [1.54, 1.807) is 13.3 Å². The van der Waals surface area contributed by atoms with Crippen molar-refractivity contribution in [1.82, 2.24) is 9.55 Å². The summed E-state index contributed by atoms with van der Waals surface area (Å²) in [5.41, 5.74) is 4.63. The van der Waals surface area contributed by atoms with Crippen molar-refractivity contribution in [3.63, 3.8) is 0 Å². The van der Waals surface area contributed by atoms with Crippen molar-refractivity contribution >= 4 is 16.9 Å². The second kappa shape index (κ2) is 8.04. The van der Waals surface area contributed by atoms with E-state index in [2.05, 4.69) is 34.7 Å². The van der Waals surface area contributed by atoms with Gasteiger partial charge in [0.1, 0.15) is 5.75 Å². The van der Waals surface area contributed by atoms with Gasteiger partial charge in [0.05, 0.1) is 12.8 Å². The zero-order valence-corrected chi connectivity index (χ0v) is 15.2. The summed E-state index contributed by atoms with van der Waals surface area (Å²) in [6.45, 7) is 2.98. The highest BCUT2D eigenvalue weighted by molar-refractivity contribution is 5.92. The van der Waals surface area contributed by atoms with Crippen LogP contribution in [0.15, 0.2) is 42.7 Å². The molecule has 5 heteroatoms. The van der Waals surface area contributed by atoms with Gasteiger partial charge in [0.2, 0.25) is 0 Å². The molecule has 136 valence electrons. The van der Waals surface area contributed by atoms with Crippen LogP contribution in [0.1, 0.15) is 31.2 Å². The van der Waals surface area contributed by atoms with Gasteiger partial charge in [0.25, 0.3) is 0 Å². The minimum atomic E-state index is -0.726. The maximum Gasteiger partial charge on any atom is 0.303 e. The van der Waals surface area contributed by atoms with Crippen molar-refractivity contribution in [1.29, 1.82) is 0 Å². The van der Waals surface area contributed by atoms with Crippen LogP contribution in [-0.2, 0) is 11.3 Å². The van der Waals surface area contributed by atoms with Gasteiger partial charge < -0.3 is 14.4 Å². The number of fused-ring (bicyclic) bond motifs is 1. The van der Waals surface area contributed by atoms with E-state index in [1.165, 1.54) is 22.2 Å². The van der Waals surface area contributed by atoms with Crippen molar-refractivity contribution < 1.29 is 14.6 Å². The molecule has 0 bridgehead atoms. The smallest absolute Gasteiger partial charge is 0.303 e. The van der Waals surface area contributed by atoms with E-state index in [0.717, 1.165) is 30.7 Å². The first-order chi connectivity index (χ1) is 12.6. The highest BCUT2D eigenvalue weighted by Gasteiger charge is 2.16. The molecule has 0 aliphatic carbocycles. The SMILES string of the molecule is COc1ccc2c(c1)c(C)c(-c1cccnc1)n2CCCCCC(=O)O. The Hall–Kier alpha value is -2.82. The standard InChI is InChI=1S/C21H24N2O3/c1-15-18-13-17(26-2)9-10-19(18)23(12-5-3-4-8-20(24)25)21(15)16-7-6-11-22-14-16/h6-7,9-11,13-14H,3-5,8,12H2,1-2H3,(H,24,25). The van der Waals surface area contributed by atoms with E-state index in [1.807, 2.05) is 18.3 Å². The van der Waals surface area contributed by atoms with Crippen molar-refractivity contribution in [2.75, 3.05) is 7.11 Å². The van der Waals surface area contributed by atoms with Crippen molar-refractivity contribution in [2.45, 2.75) is 39.2 Å². The number of pyridine rings is 1. The molecule has 1 aromatic carbocycles. The number of aliphatic carboxylic acids is 1. The first kappa shape index (κ1) is 18.0. The number of unbranched alkanes of at least 4 members (excludes halogenated alkanes) is 2. The number of methoxy groups -OCH3 is 1. The molecule has 0 saturated carbocycles. The van der Waals surface area contributed by atoms with Gasteiger partial charge in [0.15, 0.2) is 0 Å². The number of hydrogen-bond donors (Lipinski definition) is 1. The Morgan fingerprint density at radius 2 is 2.08 bits per heavy atom. The summed E-state index contributed by atoms with van der Waals surface area (Å²) in [4.78, 5) is 15.0. The van der Waals surface area contributed by atoms with E-state index in [4.69, 9.17) is 9.84 Å². The van der Waals surface area contributed by atoms with Crippen LogP contribution >= 0.6 is 0 Å². The quantitative estimate of drug-likeness (QED) is 0.599. The van der Waals surface area contributed by atoms with E-state index in [9.17, 15) is 4.79 Å². The van der Waals surface area contributed by atoms with Crippen molar-refractivity contribution in [3.05, 3.63) is 48.3 Å². The average Bonchev–Trinajstić information content (AvgIpc) is 2.93. The highest BCUT2D eigenvalue weighted by atomic mass is 16.5. The molecule has 0 spiro atoms. The Balaban J connectivity index is 1.97. The molecule has 0 radical (unpaired) electrons. The van der Waals surface area contributed by atoms with Gasteiger partial charge in [-0.1, -0.05) is 6.42 Å². The largest absolute Gasteiger partial charge is 0.497 e. The van der Waals surface area contributed by atoms with Crippen molar-refractivity contribution in [3.8, 4) is 17.0 Å². The maximum atomic E-state index is 10.7. The van der Waals surface area contributed by atoms with Crippen molar-refractivity contribution in [2.24, 2.45) is 0 Å². The molecule has 2 aromatic heterocycles. The first-order valence-electron chi connectivity index (χ1n) is 8.91. The molecule has 0 atom stereocenters. The van der Waals surface area contributed by atoms with Gasteiger partial charge >= 0.3 is 5.97 Å². The van der Waals surface area contributed by atoms with Crippen LogP contribution in [0.4, 0.5) is 0 Å². The Morgan fingerprint density at radius 1 is 1.23 bits per heavy atom. The fourth-order valence-corrected chi connectivity index (χ4v) is 3.46. The molecule has 26 heavy (non-hydrogen) atoms. The number of carboxylic acids is 1. The molecule has 3 rings (SSSR count). The molecule has 0 aliphatic rings. The third-order valence-electron chi connectivity index (χ3n) is 4.73. The first-order valence-corrected chi connectivity index (χ1v) is 8.91. The molecule has 2 heterocycles. The third kappa shape index (κ3) is 3.72. The molecular formula is C21H24N2O3. The van der Waals surface area contributed by atoms with Gasteiger partial charge in [-0.3, -0.25) is 9.78 Å². The summed E-state index contributed by atoms with van der Waals surface area (Å²) in [7, 11) is 1.68. The second-order valence-corrected chi connectivity index (χ2v) is 6.45. The van der Waals surface area contributed by atoms with Crippen LogP contribution in [0.5, 0.6) is 5.75 Å². The topological polar surface area (TPSA) is 64.4 Å². The number of nitrogens with zero attached hydrogens (tertiary/aromatic N) is 2. The number of aromatic nitrogens is 2. The van der Waals surface area contributed by atoms with Gasteiger partial charge in [-0.05, 0) is 55.7 Å².